The summed E-state index contributed by atoms with van der Waals surface area (Å²) in [4.78, 5) is -4.66. The van der Waals surface area contributed by atoms with Gasteiger partial charge in [0.2, 0.25) is 0 Å². The Labute approximate surface area is 321 Å². The second-order valence-corrected chi connectivity index (χ2v) is 17.1. The van der Waals surface area contributed by atoms with E-state index in [9.17, 15) is 62.1 Å². The van der Waals surface area contributed by atoms with Gasteiger partial charge in [-0.2, -0.15) is 43.9 Å². The van der Waals surface area contributed by atoms with Crippen molar-refractivity contribution in [2.24, 2.45) is 30.7 Å². The van der Waals surface area contributed by atoms with Gasteiger partial charge in [0.1, 0.15) is 42.3 Å². The fraction of sp³-hybridized carbons (Fsp3) is 0. The molecule has 57 heavy (non-hydrogen) atoms. The second-order valence-electron chi connectivity index (χ2n) is 11.6. The van der Waals surface area contributed by atoms with Crippen LogP contribution in [0.5, 0.6) is 11.5 Å². The highest BCUT2D eigenvalue weighted by atomic mass is 32.2. The molecule has 6 aromatic rings. The fourth-order valence-corrected chi connectivity index (χ4v) is 8.25. The normalized spacial score (nSPS) is 13.1. The first-order valence-electron chi connectivity index (χ1n) is 15.3. The molecule has 0 bridgehead atoms. The third-order valence-electron chi connectivity index (χ3n) is 7.88. The zero-order chi connectivity index (χ0) is 41.7. The van der Waals surface area contributed by atoms with Crippen LogP contribution in [0.15, 0.2) is 141 Å². The minimum atomic E-state index is -5.45. The van der Waals surface area contributed by atoms with Crippen LogP contribution in [-0.2, 0) is 40.5 Å². The maximum absolute atomic E-state index is 12.8. The topological polar surface area (TPSA) is 358 Å². The molecule has 0 aromatic heterocycles. The highest BCUT2D eigenvalue weighted by Gasteiger charge is 2.30. The number of azo groups is 3. The smallest absolute Gasteiger partial charge is 0.297 e. The monoisotopic (exact) mass is 857 g/mol. The third-order valence-corrected chi connectivity index (χ3v) is 11.5. The average molecular weight is 858 g/mol. The first kappa shape index (κ1) is 40.3. The van der Waals surface area contributed by atoms with Gasteiger partial charge in [0, 0.05) is 16.2 Å². The summed E-state index contributed by atoms with van der Waals surface area (Å²) in [5, 5.41) is 42.2. The predicted octanol–water partition coefficient (Wildman–Crippen LogP) is 7.22. The molecule has 0 amide bonds. The molecule has 0 saturated heterocycles. The largest absolute Gasteiger partial charge is 0.505 e. The number of phenols is 2. The van der Waals surface area contributed by atoms with Gasteiger partial charge in [-0.25, -0.2) is 0 Å². The standard InChI is InChI=1S/C32H23N7O14S4/c33-27-22(15-23(54(42,43)44)20-14-25(56(48,49)50)29(31(41)26(20)27)39-35-17-9-5-2-6-10-17)37-36-21-12-11-18-19(32(21)57(51,52)53)13-24(55(45,46)47)28(30(18)40)38-34-16-7-3-1-4-8-16/h1-15,40-41H,33H2,(H,42,43,44)(H,45,46,47)(H,48,49,50)(H,51,52,53). The predicted molar refractivity (Wildman–Crippen MR) is 200 cm³/mol. The Morgan fingerprint density at radius 1 is 0.439 bits per heavy atom. The lowest BCUT2D eigenvalue weighted by Gasteiger charge is -2.14. The van der Waals surface area contributed by atoms with Gasteiger partial charge < -0.3 is 15.9 Å². The number of nitrogen functional groups attached to an aromatic ring is 1. The van der Waals surface area contributed by atoms with Crippen LogP contribution in [0, 0.1) is 0 Å². The van der Waals surface area contributed by atoms with Gasteiger partial charge >= 0.3 is 0 Å². The summed E-state index contributed by atoms with van der Waals surface area (Å²) in [5.41, 5.74) is 2.58. The van der Waals surface area contributed by atoms with Gasteiger partial charge in [-0.1, -0.05) is 36.4 Å². The molecule has 0 heterocycles. The maximum Gasteiger partial charge on any atom is 0.297 e. The number of anilines is 1. The number of nitrogens with zero attached hydrogens (tertiary/aromatic N) is 6. The highest BCUT2D eigenvalue weighted by Crippen LogP contribution is 2.49. The summed E-state index contributed by atoms with van der Waals surface area (Å²) in [6.07, 6.45) is 0. The first-order valence-corrected chi connectivity index (χ1v) is 21.0. The lowest BCUT2D eigenvalue weighted by Crippen LogP contribution is -2.04. The van der Waals surface area contributed by atoms with E-state index in [2.05, 4.69) is 30.7 Å². The van der Waals surface area contributed by atoms with Crippen molar-refractivity contribution in [1.29, 1.82) is 0 Å². The Bertz CT molecular complexity index is 3200. The zero-order valence-corrected chi connectivity index (χ0v) is 31.3. The van der Waals surface area contributed by atoms with E-state index >= 15 is 0 Å². The number of benzene rings is 6. The number of rotatable bonds is 10. The van der Waals surface area contributed by atoms with E-state index in [1.807, 2.05) is 0 Å². The molecule has 21 nitrogen and oxygen atoms in total. The fourth-order valence-electron chi connectivity index (χ4n) is 5.44. The molecule has 6 aromatic carbocycles. The summed E-state index contributed by atoms with van der Waals surface area (Å²) >= 11 is 0. The van der Waals surface area contributed by atoms with E-state index in [0.29, 0.717) is 18.2 Å². The van der Waals surface area contributed by atoms with Gasteiger partial charge in [0.15, 0.2) is 11.5 Å². The second kappa shape index (κ2) is 14.6. The van der Waals surface area contributed by atoms with Gasteiger partial charge in [-0.15, -0.1) is 20.5 Å². The van der Waals surface area contributed by atoms with Crippen LogP contribution in [-0.4, -0.2) is 62.1 Å². The van der Waals surface area contributed by atoms with Crippen molar-refractivity contribution in [1.82, 2.24) is 0 Å². The molecule has 0 radical (unpaired) electrons. The van der Waals surface area contributed by atoms with Crippen molar-refractivity contribution in [3.8, 4) is 11.5 Å². The minimum Gasteiger partial charge on any atom is -0.505 e. The number of phenolic OH excluding ortho intramolecular Hbond substituents is 2. The molecule has 294 valence electrons. The number of fused-ring (bicyclic) bond motifs is 2. The van der Waals surface area contributed by atoms with Gasteiger partial charge in [0.25, 0.3) is 40.5 Å². The van der Waals surface area contributed by atoms with Crippen LogP contribution in [0.25, 0.3) is 21.5 Å². The molecular weight excluding hydrogens is 835 g/mol. The van der Waals surface area contributed by atoms with E-state index in [1.54, 1.807) is 36.4 Å². The molecule has 0 unspecified atom stereocenters. The van der Waals surface area contributed by atoms with Gasteiger partial charge in [-0.3, -0.25) is 18.2 Å². The Morgan fingerprint density at radius 3 is 1.37 bits per heavy atom. The summed E-state index contributed by atoms with van der Waals surface area (Å²) in [7, 11) is -21.4. The third kappa shape index (κ3) is 8.16. The maximum atomic E-state index is 12.8. The van der Waals surface area contributed by atoms with Crippen molar-refractivity contribution in [2.75, 3.05) is 5.73 Å². The van der Waals surface area contributed by atoms with Crippen LogP contribution < -0.4 is 5.73 Å². The summed E-state index contributed by atoms with van der Waals surface area (Å²) in [6.45, 7) is 0. The first-order chi connectivity index (χ1) is 26.6. The Balaban J connectivity index is 1.61. The summed E-state index contributed by atoms with van der Waals surface area (Å²) in [5.74, 6) is -2.19. The number of aromatic hydroxyl groups is 2. The van der Waals surface area contributed by atoms with Gasteiger partial charge in [0.05, 0.1) is 22.4 Å². The quantitative estimate of drug-likeness (QED) is 0.0406. The van der Waals surface area contributed by atoms with Crippen LogP contribution in [0.1, 0.15) is 0 Å². The van der Waals surface area contributed by atoms with Gasteiger partial charge in [-0.05, 0) is 54.6 Å². The minimum absolute atomic E-state index is 0.141. The molecular formula is C32H23N7O14S4. The molecule has 0 aliphatic rings. The van der Waals surface area contributed by atoms with Crippen molar-refractivity contribution in [3.05, 3.63) is 91.0 Å². The van der Waals surface area contributed by atoms with Crippen LogP contribution in [0.4, 0.5) is 39.8 Å². The average Bonchev–Trinajstić information content (AvgIpc) is 3.12. The van der Waals surface area contributed by atoms with Crippen LogP contribution in [0.2, 0.25) is 0 Å². The van der Waals surface area contributed by atoms with Crippen LogP contribution in [0.3, 0.4) is 0 Å². The number of hydrogen-bond acceptors (Lipinski definition) is 17. The molecule has 0 fully saturated rings. The lowest BCUT2D eigenvalue weighted by atomic mass is 10.0. The van der Waals surface area contributed by atoms with E-state index < -0.39 is 122 Å². The zero-order valence-electron chi connectivity index (χ0n) is 28.0. The van der Waals surface area contributed by atoms with Crippen molar-refractivity contribution in [3.63, 3.8) is 0 Å². The summed E-state index contributed by atoms with van der Waals surface area (Å²) < 4.78 is 141. The van der Waals surface area contributed by atoms with Crippen molar-refractivity contribution < 1.29 is 62.1 Å². The molecule has 0 spiro atoms. The van der Waals surface area contributed by atoms with E-state index in [4.69, 9.17) is 5.73 Å². The van der Waals surface area contributed by atoms with Crippen LogP contribution >= 0.6 is 0 Å². The number of nitrogens with two attached hydrogens (primary N) is 1. The van der Waals surface area contributed by atoms with E-state index in [0.717, 1.165) is 12.1 Å². The molecule has 8 N–H and O–H groups in total. The van der Waals surface area contributed by atoms with Crippen molar-refractivity contribution in [2.45, 2.75) is 19.6 Å². The Hall–Kier alpha value is -6.32. The van der Waals surface area contributed by atoms with Crippen molar-refractivity contribution >= 4 is 102 Å². The Morgan fingerprint density at radius 2 is 0.895 bits per heavy atom. The molecule has 0 saturated carbocycles. The Kier molecular flexibility index (Phi) is 10.4. The highest BCUT2D eigenvalue weighted by molar-refractivity contribution is 7.87. The lowest BCUT2D eigenvalue weighted by molar-refractivity contribution is 0.471. The molecule has 0 aliphatic heterocycles. The van der Waals surface area contributed by atoms with E-state index in [-0.39, 0.29) is 11.4 Å². The molecule has 6 rings (SSSR count). The SMILES string of the molecule is Nc1c(N=Nc2ccc3c(O)c(N=Nc4ccccc4)c(S(=O)(=O)O)cc3c2S(=O)(=O)O)cc(S(=O)(=O)O)c2cc(S(=O)(=O)O)c(N=Nc3ccccc3)c(O)c12. The molecule has 0 atom stereocenters. The molecule has 0 aliphatic carbocycles. The van der Waals surface area contributed by atoms with E-state index in [1.165, 1.54) is 24.3 Å². The molecule has 25 heteroatoms. The summed E-state index contributed by atoms with van der Waals surface area (Å²) in [6, 6.07) is 18.8. The number of hydrogen-bond donors (Lipinski definition) is 7.